The molecule has 8 nitrogen and oxygen atoms in total. The maximum absolute atomic E-state index is 14.0. The minimum Gasteiger partial charge on any atom is -0.504 e. The van der Waals surface area contributed by atoms with Crippen LogP contribution in [0.15, 0.2) is 48.7 Å². The van der Waals surface area contributed by atoms with Crippen LogP contribution in [0.5, 0.6) is 23.1 Å². The van der Waals surface area contributed by atoms with Crippen molar-refractivity contribution in [2.75, 3.05) is 7.11 Å². The first-order chi connectivity index (χ1) is 15.9. The molecule has 1 saturated carbocycles. The van der Waals surface area contributed by atoms with Crippen LogP contribution in [0.1, 0.15) is 28.8 Å². The van der Waals surface area contributed by atoms with E-state index in [1.807, 2.05) is 19.1 Å². The average molecular weight is 448 g/mol. The monoisotopic (exact) mass is 448 g/mol. The van der Waals surface area contributed by atoms with Gasteiger partial charge in [0.05, 0.1) is 19.0 Å². The molecule has 5 rings (SSSR count). The van der Waals surface area contributed by atoms with Gasteiger partial charge in [0.1, 0.15) is 5.75 Å². The molecule has 2 aromatic heterocycles. The minimum atomic E-state index is -0.579. The highest BCUT2D eigenvalue weighted by Gasteiger charge is 2.24. The largest absolute Gasteiger partial charge is 0.504 e. The van der Waals surface area contributed by atoms with E-state index in [-0.39, 0.29) is 40.7 Å². The number of halogens is 1. The number of carbonyl (C=O) groups is 1. The summed E-state index contributed by atoms with van der Waals surface area (Å²) in [4.78, 5) is 16.7. The van der Waals surface area contributed by atoms with E-state index in [1.54, 1.807) is 12.3 Å². The summed E-state index contributed by atoms with van der Waals surface area (Å²) in [6.07, 6.45) is 3.62. The van der Waals surface area contributed by atoms with Crippen LogP contribution in [0.3, 0.4) is 0 Å². The van der Waals surface area contributed by atoms with Crippen molar-refractivity contribution < 1.29 is 23.8 Å². The lowest BCUT2D eigenvalue weighted by Crippen LogP contribution is -2.26. The molecule has 0 bridgehead atoms. The molecule has 1 fully saturated rings. The van der Waals surface area contributed by atoms with Gasteiger partial charge in [-0.15, -0.1) is 5.10 Å². The van der Waals surface area contributed by atoms with Crippen LogP contribution in [-0.4, -0.2) is 38.8 Å². The molecule has 1 aliphatic carbocycles. The Morgan fingerprint density at radius 3 is 2.73 bits per heavy atom. The summed E-state index contributed by atoms with van der Waals surface area (Å²) < 4.78 is 26.0. The average Bonchev–Trinajstić information content (AvgIpc) is 3.49. The SMILES string of the molecule is COc1ccc(Oc2cc(O)c3ncc(-c4ccc(C(=O)NC5CC5)c(C)c4)n3n2)cc1F. The number of amides is 1. The van der Waals surface area contributed by atoms with Crippen molar-refractivity contribution in [3.8, 4) is 34.4 Å². The molecule has 168 valence electrons. The molecule has 0 spiro atoms. The van der Waals surface area contributed by atoms with Gasteiger partial charge in [-0.1, -0.05) is 6.07 Å². The van der Waals surface area contributed by atoms with E-state index in [9.17, 15) is 14.3 Å². The fraction of sp³-hybridized carbons (Fsp3) is 0.208. The van der Waals surface area contributed by atoms with E-state index in [0.717, 1.165) is 24.0 Å². The molecule has 0 saturated heterocycles. The number of nitrogens with one attached hydrogen (secondary N) is 1. The molecule has 0 unspecified atom stereocenters. The Morgan fingerprint density at radius 2 is 2.03 bits per heavy atom. The van der Waals surface area contributed by atoms with Crippen molar-refractivity contribution in [2.24, 2.45) is 0 Å². The second-order valence-corrected chi connectivity index (χ2v) is 7.92. The molecule has 1 amide bonds. The number of carbonyl (C=O) groups excluding carboxylic acids is 1. The summed E-state index contributed by atoms with van der Waals surface area (Å²) >= 11 is 0. The normalized spacial score (nSPS) is 13.2. The smallest absolute Gasteiger partial charge is 0.251 e. The predicted molar refractivity (Wildman–Crippen MR) is 118 cm³/mol. The maximum Gasteiger partial charge on any atom is 0.251 e. The van der Waals surface area contributed by atoms with E-state index >= 15 is 0 Å². The first kappa shape index (κ1) is 20.7. The standard InChI is InChI=1S/C24H21FN4O4/c1-13-9-14(3-7-17(13)24(31)27-15-4-5-15)19-12-26-23-20(30)11-22(28-29(19)23)33-16-6-8-21(32-2)18(25)10-16/h3,6-12,15,30H,4-5H2,1-2H3,(H,27,31). The van der Waals surface area contributed by atoms with Crippen molar-refractivity contribution in [2.45, 2.75) is 25.8 Å². The highest BCUT2D eigenvalue weighted by Crippen LogP contribution is 2.31. The maximum atomic E-state index is 14.0. The van der Waals surface area contributed by atoms with Gasteiger partial charge in [0, 0.05) is 29.3 Å². The van der Waals surface area contributed by atoms with Crippen molar-refractivity contribution in [3.05, 3.63) is 65.6 Å². The number of hydrogen-bond donors (Lipinski definition) is 2. The summed E-state index contributed by atoms with van der Waals surface area (Å²) in [5.41, 5.74) is 3.03. The highest BCUT2D eigenvalue weighted by atomic mass is 19.1. The Labute approximate surface area is 188 Å². The van der Waals surface area contributed by atoms with Gasteiger partial charge >= 0.3 is 0 Å². The number of nitrogens with zero attached hydrogens (tertiary/aromatic N) is 3. The van der Waals surface area contributed by atoms with E-state index in [2.05, 4.69) is 15.4 Å². The molecule has 0 radical (unpaired) electrons. The van der Waals surface area contributed by atoms with Gasteiger partial charge in [-0.3, -0.25) is 4.79 Å². The summed E-state index contributed by atoms with van der Waals surface area (Å²) in [5.74, 6) is -0.459. The molecular formula is C24H21FN4O4. The highest BCUT2D eigenvalue weighted by molar-refractivity contribution is 5.96. The zero-order chi connectivity index (χ0) is 23.1. The Balaban J connectivity index is 1.48. The lowest BCUT2D eigenvalue weighted by molar-refractivity contribution is 0.0950. The van der Waals surface area contributed by atoms with Gasteiger partial charge in [0.15, 0.2) is 23.0 Å². The van der Waals surface area contributed by atoms with Crippen molar-refractivity contribution >= 4 is 11.6 Å². The number of imidazole rings is 1. The molecular weight excluding hydrogens is 427 g/mol. The molecule has 2 heterocycles. The zero-order valence-electron chi connectivity index (χ0n) is 18.0. The van der Waals surface area contributed by atoms with Crippen LogP contribution < -0.4 is 14.8 Å². The number of benzene rings is 2. The van der Waals surface area contributed by atoms with Gasteiger partial charge in [-0.2, -0.15) is 0 Å². The molecule has 1 aliphatic rings. The van der Waals surface area contributed by atoms with Gasteiger partial charge in [-0.25, -0.2) is 13.9 Å². The third kappa shape index (κ3) is 4.05. The summed E-state index contributed by atoms with van der Waals surface area (Å²) in [5, 5.41) is 17.8. The number of aromatic nitrogens is 3. The summed E-state index contributed by atoms with van der Waals surface area (Å²) in [6, 6.07) is 11.2. The van der Waals surface area contributed by atoms with Crippen LogP contribution in [0.25, 0.3) is 16.9 Å². The van der Waals surface area contributed by atoms with Crippen molar-refractivity contribution in [1.29, 1.82) is 0 Å². The number of ether oxygens (including phenoxy) is 2. The third-order valence-corrected chi connectivity index (χ3v) is 5.45. The van der Waals surface area contributed by atoms with E-state index in [4.69, 9.17) is 9.47 Å². The quantitative estimate of drug-likeness (QED) is 0.458. The summed E-state index contributed by atoms with van der Waals surface area (Å²) in [7, 11) is 1.38. The van der Waals surface area contributed by atoms with Crippen molar-refractivity contribution in [1.82, 2.24) is 19.9 Å². The predicted octanol–water partition coefficient (Wildman–Crippen LogP) is 4.24. The fourth-order valence-corrected chi connectivity index (χ4v) is 3.58. The van der Waals surface area contributed by atoms with Crippen molar-refractivity contribution in [3.63, 3.8) is 0 Å². The Morgan fingerprint density at radius 1 is 1.21 bits per heavy atom. The minimum absolute atomic E-state index is 0.0565. The molecule has 2 N–H and O–H groups in total. The number of fused-ring (bicyclic) bond motifs is 1. The van der Waals surface area contributed by atoms with Gasteiger partial charge in [-0.05, 0) is 49.6 Å². The summed E-state index contributed by atoms with van der Waals surface area (Å²) in [6.45, 7) is 1.87. The third-order valence-electron chi connectivity index (χ3n) is 5.45. The van der Waals surface area contributed by atoms with Gasteiger partial charge in [0.2, 0.25) is 5.88 Å². The first-order valence-electron chi connectivity index (χ1n) is 10.4. The van der Waals surface area contributed by atoms with Crippen LogP contribution in [0.2, 0.25) is 0 Å². The fourth-order valence-electron chi connectivity index (χ4n) is 3.58. The number of aryl methyl sites for hydroxylation is 1. The van der Waals surface area contributed by atoms with E-state index in [0.29, 0.717) is 11.3 Å². The second-order valence-electron chi connectivity index (χ2n) is 7.92. The van der Waals surface area contributed by atoms with Gasteiger partial charge < -0.3 is 19.9 Å². The lowest BCUT2D eigenvalue weighted by atomic mass is 10.0. The number of rotatable bonds is 6. The number of aromatic hydroxyl groups is 1. The zero-order valence-corrected chi connectivity index (χ0v) is 18.0. The van der Waals surface area contributed by atoms with Crippen LogP contribution in [0, 0.1) is 12.7 Å². The Bertz CT molecular complexity index is 1380. The van der Waals surface area contributed by atoms with Crippen LogP contribution in [0.4, 0.5) is 4.39 Å². The molecule has 2 aromatic carbocycles. The molecule has 4 aromatic rings. The Hall–Kier alpha value is -4.14. The lowest BCUT2D eigenvalue weighted by Gasteiger charge is -2.10. The topological polar surface area (TPSA) is 98.0 Å². The molecule has 9 heteroatoms. The Kier molecular flexibility index (Phi) is 5.08. The number of hydrogen-bond acceptors (Lipinski definition) is 6. The molecule has 33 heavy (non-hydrogen) atoms. The van der Waals surface area contributed by atoms with E-state index in [1.165, 1.54) is 35.9 Å². The molecule has 0 aliphatic heterocycles. The van der Waals surface area contributed by atoms with Crippen LogP contribution >= 0.6 is 0 Å². The van der Waals surface area contributed by atoms with Crippen LogP contribution in [-0.2, 0) is 0 Å². The number of methoxy groups -OCH3 is 1. The second kappa shape index (κ2) is 8.09. The van der Waals surface area contributed by atoms with Gasteiger partial charge in [0.25, 0.3) is 5.91 Å². The van der Waals surface area contributed by atoms with E-state index < -0.39 is 5.82 Å². The molecule has 0 atom stereocenters. The first-order valence-corrected chi connectivity index (χ1v) is 10.4.